The third-order valence-electron chi connectivity index (χ3n) is 1.71. The van der Waals surface area contributed by atoms with Gasteiger partial charge in [-0.15, -0.1) is 11.6 Å². The Bertz CT molecular complexity index is 355. The number of carboxylic acid groups (broad SMARTS) is 1. The van der Waals surface area contributed by atoms with E-state index in [1.165, 1.54) is 12.1 Å². The molecule has 0 saturated carbocycles. The van der Waals surface area contributed by atoms with Crippen LogP contribution in [0.15, 0.2) is 18.2 Å². The summed E-state index contributed by atoms with van der Waals surface area (Å²) < 4.78 is 18.3. The summed E-state index contributed by atoms with van der Waals surface area (Å²) >= 11 is 5.42. The number of carboxylic acids is 1. The number of benzene rings is 1. The zero-order chi connectivity index (χ0) is 11.3. The highest BCUT2D eigenvalue weighted by Gasteiger charge is 2.08. The number of alkyl halides is 1. The van der Waals surface area contributed by atoms with Gasteiger partial charge < -0.3 is 9.84 Å². The van der Waals surface area contributed by atoms with Crippen molar-refractivity contribution >= 4 is 17.6 Å². The average molecular weight is 233 g/mol. The van der Waals surface area contributed by atoms with E-state index in [2.05, 4.69) is 0 Å². The van der Waals surface area contributed by atoms with E-state index in [1.54, 1.807) is 0 Å². The molecule has 1 aromatic carbocycles. The summed E-state index contributed by atoms with van der Waals surface area (Å²) in [5.41, 5.74) is -0.0998. The van der Waals surface area contributed by atoms with Crippen LogP contribution in [0.4, 0.5) is 4.39 Å². The van der Waals surface area contributed by atoms with Gasteiger partial charge in [-0.1, -0.05) is 0 Å². The molecule has 0 unspecified atom stereocenters. The number of halogens is 2. The van der Waals surface area contributed by atoms with Gasteiger partial charge in [0, 0.05) is 5.88 Å². The molecule has 0 aliphatic carbocycles. The van der Waals surface area contributed by atoms with Crippen LogP contribution in [-0.2, 0) is 0 Å². The summed E-state index contributed by atoms with van der Waals surface area (Å²) in [7, 11) is 0. The quantitative estimate of drug-likeness (QED) is 0.627. The number of carbonyl (C=O) groups is 1. The van der Waals surface area contributed by atoms with E-state index < -0.39 is 11.8 Å². The molecule has 0 aromatic heterocycles. The van der Waals surface area contributed by atoms with Gasteiger partial charge in [-0.2, -0.15) is 0 Å². The van der Waals surface area contributed by atoms with Crippen molar-refractivity contribution in [2.75, 3.05) is 12.5 Å². The minimum atomic E-state index is -1.17. The Morgan fingerprint density at radius 1 is 1.53 bits per heavy atom. The first-order chi connectivity index (χ1) is 7.15. The molecule has 82 valence electrons. The minimum absolute atomic E-state index is 0.0464. The zero-order valence-electron chi connectivity index (χ0n) is 7.87. The fourth-order valence-corrected chi connectivity index (χ4v) is 1.10. The predicted octanol–water partition coefficient (Wildman–Crippen LogP) is 2.53. The van der Waals surface area contributed by atoms with Crippen molar-refractivity contribution in [3.05, 3.63) is 29.6 Å². The second-order valence-corrected chi connectivity index (χ2v) is 3.22. The van der Waals surface area contributed by atoms with E-state index in [-0.39, 0.29) is 11.3 Å². The number of ether oxygens (including phenoxy) is 1. The smallest absolute Gasteiger partial charge is 0.335 e. The molecule has 0 spiro atoms. The van der Waals surface area contributed by atoms with Crippen LogP contribution >= 0.6 is 11.6 Å². The van der Waals surface area contributed by atoms with Gasteiger partial charge in [-0.25, -0.2) is 9.18 Å². The fourth-order valence-electron chi connectivity index (χ4n) is 0.988. The van der Waals surface area contributed by atoms with Crippen LogP contribution in [0.2, 0.25) is 0 Å². The highest BCUT2D eigenvalue weighted by molar-refractivity contribution is 6.17. The molecule has 0 saturated heterocycles. The first-order valence-corrected chi connectivity index (χ1v) is 4.90. The maximum Gasteiger partial charge on any atom is 0.335 e. The number of rotatable bonds is 5. The molecule has 0 atom stereocenters. The number of hydrogen-bond acceptors (Lipinski definition) is 2. The summed E-state index contributed by atoms with van der Waals surface area (Å²) in [6.07, 6.45) is 0.613. The highest BCUT2D eigenvalue weighted by Crippen LogP contribution is 2.18. The number of aromatic carboxylic acids is 1. The Hall–Kier alpha value is -1.29. The minimum Gasteiger partial charge on any atom is -0.490 e. The Morgan fingerprint density at radius 2 is 2.27 bits per heavy atom. The average Bonchev–Trinajstić information content (AvgIpc) is 2.20. The molecule has 1 aromatic rings. The van der Waals surface area contributed by atoms with Crippen molar-refractivity contribution in [2.24, 2.45) is 0 Å². The van der Waals surface area contributed by atoms with Crippen LogP contribution in [0, 0.1) is 5.82 Å². The third kappa shape index (κ3) is 3.40. The van der Waals surface area contributed by atoms with E-state index in [0.717, 1.165) is 6.07 Å². The van der Waals surface area contributed by atoms with Crippen molar-refractivity contribution in [3.8, 4) is 5.75 Å². The van der Waals surface area contributed by atoms with E-state index in [4.69, 9.17) is 21.4 Å². The second kappa shape index (κ2) is 5.56. The molecule has 0 fully saturated rings. The van der Waals surface area contributed by atoms with Gasteiger partial charge in [-0.3, -0.25) is 0 Å². The van der Waals surface area contributed by atoms with Crippen molar-refractivity contribution in [1.29, 1.82) is 0 Å². The van der Waals surface area contributed by atoms with E-state index in [9.17, 15) is 9.18 Å². The molecule has 1 N–H and O–H groups in total. The van der Waals surface area contributed by atoms with Crippen LogP contribution in [0.1, 0.15) is 16.8 Å². The van der Waals surface area contributed by atoms with Gasteiger partial charge in [0.1, 0.15) is 0 Å². The van der Waals surface area contributed by atoms with Crippen molar-refractivity contribution < 1.29 is 19.0 Å². The maximum atomic E-state index is 13.2. The van der Waals surface area contributed by atoms with E-state index in [1.807, 2.05) is 0 Å². The summed E-state index contributed by atoms with van der Waals surface area (Å²) in [5.74, 6) is -1.36. The normalized spacial score (nSPS) is 10.0. The summed E-state index contributed by atoms with van der Waals surface area (Å²) in [6, 6.07) is 3.52. The molecule has 0 aliphatic heterocycles. The van der Waals surface area contributed by atoms with Gasteiger partial charge in [0.25, 0.3) is 0 Å². The molecule has 15 heavy (non-hydrogen) atoms. The lowest BCUT2D eigenvalue weighted by Crippen LogP contribution is -2.02. The van der Waals surface area contributed by atoms with Crippen molar-refractivity contribution in [2.45, 2.75) is 6.42 Å². The molecular formula is C10H10ClFO3. The maximum absolute atomic E-state index is 13.2. The molecule has 3 nitrogen and oxygen atoms in total. The van der Waals surface area contributed by atoms with Crippen molar-refractivity contribution in [1.82, 2.24) is 0 Å². The number of hydrogen-bond donors (Lipinski definition) is 1. The van der Waals surface area contributed by atoms with E-state index >= 15 is 0 Å². The molecule has 1 rings (SSSR count). The standard InChI is InChI=1S/C10H10ClFO3/c11-4-1-5-15-9-3-2-7(10(13)14)6-8(9)12/h2-3,6H,1,4-5H2,(H,13,14). The molecule has 0 aliphatic rings. The first-order valence-electron chi connectivity index (χ1n) is 4.36. The molecule has 0 heterocycles. The van der Waals surface area contributed by atoms with Crippen LogP contribution < -0.4 is 4.74 Å². The van der Waals surface area contributed by atoms with Gasteiger partial charge in [0.2, 0.25) is 0 Å². The Morgan fingerprint density at radius 3 is 2.80 bits per heavy atom. The predicted molar refractivity (Wildman–Crippen MR) is 54.2 cm³/mol. The van der Waals surface area contributed by atoms with Gasteiger partial charge in [0.05, 0.1) is 12.2 Å². The summed E-state index contributed by atoms with van der Waals surface area (Å²) in [6.45, 7) is 0.312. The fraction of sp³-hybridized carbons (Fsp3) is 0.300. The lowest BCUT2D eigenvalue weighted by atomic mass is 10.2. The first kappa shape index (κ1) is 11.8. The molecule has 0 radical (unpaired) electrons. The zero-order valence-corrected chi connectivity index (χ0v) is 8.63. The Balaban J connectivity index is 2.70. The van der Waals surface area contributed by atoms with Gasteiger partial charge >= 0.3 is 5.97 Å². The van der Waals surface area contributed by atoms with Crippen LogP contribution in [-0.4, -0.2) is 23.6 Å². The molecule has 0 amide bonds. The molecular weight excluding hydrogens is 223 g/mol. The lowest BCUT2D eigenvalue weighted by Gasteiger charge is -2.06. The van der Waals surface area contributed by atoms with Crippen LogP contribution in [0.25, 0.3) is 0 Å². The largest absolute Gasteiger partial charge is 0.490 e. The van der Waals surface area contributed by atoms with Crippen molar-refractivity contribution in [3.63, 3.8) is 0 Å². The molecule has 0 bridgehead atoms. The van der Waals surface area contributed by atoms with Gasteiger partial charge in [0.15, 0.2) is 11.6 Å². The Labute approximate surface area is 91.4 Å². The molecule has 5 heteroatoms. The SMILES string of the molecule is O=C(O)c1ccc(OCCCCl)c(F)c1. The Kier molecular flexibility index (Phi) is 4.37. The summed E-state index contributed by atoms with van der Waals surface area (Å²) in [4.78, 5) is 10.5. The van der Waals surface area contributed by atoms with Crippen LogP contribution in [0.3, 0.4) is 0 Å². The van der Waals surface area contributed by atoms with Gasteiger partial charge in [-0.05, 0) is 24.6 Å². The third-order valence-corrected chi connectivity index (χ3v) is 1.98. The highest BCUT2D eigenvalue weighted by atomic mass is 35.5. The summed E-state index contributed by atoms with van der Waals surface area (Å²) in [5, 5.41) is 8.59. The van der Waals surface area contributed by atoms with E-state index in [0.29, 0.717) is 18.9 Å². The second-order valence-electron chi connectivity index (χ2n) is 2.84. The van der Waals surface area contributed by atoms with Crippen LogP contribution in [0.5, 0.6) is 5.75 Å². The monoisotopic (exact) mass is 232 g/mol. The topological polar surface area (TPSA) is 46.5 Å². The lowest BCUT2D eigenvalue weighted by molar-refractivity contribution is 0.0696.